The Balaban J connectivity index is 0.000000980. The molecule has 0 fully saturated rings. The van der Waals surface area contributed by atoms with Gasteiger partial charge in [0.2, 0.25) is 0 Å². The second kappa shape index (κ2) is 4.57. The van der Waals surface area contributed by atoms with Crippen LogP contribution in [0.1, 0.15) is 29.7 Å². The normalized spacial score (nSPS) is 14.4. The molecule has 3 N–H and O–H groups in total. The third-order valence-corrected chi connectivity index (χ3v) is 2.57. The summed E-state index contributed by atoms with van der Waals surface area (Å²) < 4.78 is 0. The largest absolute Gasteiger partial charge is 0.326 e. The molecule has 2 rings (SSSR count). The van der Waals surface area contributed by atoms with Gasteiger partial charge >= 0.3 is 0 Å². The van der Waals surface area contributed by atoms with Gasteiger partial charge in [-0.05, 0) is 31.2 Å². The van der Waals surface area contributed by atoms with Crippen LogP contribution in [-0.2, 0) is 19.4 Å². The zero-order valence-electron chi connectivity index (χ0n) is 7.88. The summed E-state index contributed by atoms with van der Waals surface area (Å²) in [5.41, 5.74) is 8.26. The average Bonchev–Trinajstić information content (AvgIpc) is 2.18. The summed E-state index contributed by atoms with van der Waals surface area (Å²) in [6.45, 7) is 0.320. The molecule has 78 valence electrons. The Kier molecular flexibility index (Phi) is 3.66. The van der Waals surface area contributed by atoms with E-state index in [4.69, 9.17) is 5.73 Å². The number of H-pyrrole nitrogens is 1. The van der Waals surface area contributed by atoms with Gasteiger partial charge in [0.25, 0.3) is 5.56 Å². The Morgan fingerprint density at radius 2 is 2.07 bits per heavy atom. The maximum atomic E-state index is 11.3. The number of hydrogen-bond donors (Lipinski definition) is 2. The van der Waals surface area contributed by atoms with Crippen LogP contribution in [0, 0.1) is 0 Å². The number of nitrogens with two attached hydrogens (primary N) is 1. The Hall–Kier alpha value is -0.870. The third-order valence-electron chi connectivity index (χ3n) is 2.57. The van der Waals surface area contributed by atoms with Gasteiger partial charge in [-0.1, -0.05) is 0 Å². The van der Waals surface area contributed by atoms with Crippen LogP contribution >= 0.6 is 12.4 Å². The Morgan fingerprint density at radius 3 is 2.79 bits per heavy atom. The van der Waals surface area contributed by atoms with Gasteiger partial charge < -0.3 is 5.73 Å². The summed E-state index contributed by atoms with van der Waals surface area (Å²) in [5.74, 6) is 0. The molecule has 1 aromatic rings. The van der Waals surface area contributed by atoms with Crippen LogP contribution in [0.5, 0.6) is 0 Å². The van der Waals surface area contributed by atoms with Crippen LogP contribution in [0.2, 0.25) is 0 Å². The summed E-state index contributed by atoms with van der Waals surface area (Å²) in [6, 6.07) is 0. The molecule has 0 aliphatic heterocycles. The third kappa shape index (κ3) is 1.81. The van der Waals surface area contributed by atoms with Crippen LogP contribution in [-0.4, -0.2) is 10.2 Å². The number of aryl methyl sites for hydroxylation is 1. The van der Waals surface area contributed by atoms with Gasteiger partial charge in [-0.2, -0.15) is 5.10 Å². The molecule has 0 atom stereocenters. The zero-order valence-corrected chi connectivity index (χ0v) is 8.69. The van der Waals surface area contributed by atoms with Gasteiger partial charge in [0.15, 0.2) is 0 Å². The van der Waals surface area contributed by atoms with Gasteiger partial charge in [0, 0.05) is 12.1 Å². The number of aromatic nitrogens is 2. The number of nitrogens with one attached hydrogen (secondary N) is 1. The van der Waals surface area contributed by atoms with Crippen molar-refractivity contribution in [3.05, 3.63) is 27.2 Å². The quantitative estimate of drug-likeness (QED) is 0.718. The lowest BCUT2D eigenvalue weighted by molar-refractivity contribution is 0.640. The van der Waals surface area contributed by atoms with E-state index in [0.717, 1.165) is 42.5 Å². The SMILES string of the molecule is Cl.NCc1c2c(n[nH]c1=O)CCCC2. The molecule has 0 aromatic carbocycles. The maximum Gasteiger partial charge on any atom is 0.268 e. The monoisotopic (exact) mass is 215 g/mol. The maximum absolute atomic E-state index is 11.3. The number of hydrogen-bond acceptors (Lipinski definition) is 3. The van der Waals surface area contributed by atoms with Crippen molar-refractivity contribution < 1.29 is 0 Å². The van der Waals surface area contributed by atoms with Crippen molar-refractivity contribution in [2.24, 2.45) is 5.73 Å². The Labute approximate surface area is 88.3 Å². The number of halogens is 1. The first-order chi connectivity index (χ1) is 6.33. The lowest BCUT2D eigenvalue weighted by Gasteiger charge is -2.15. The van der Waals surface area contributed by atoms with Crippen molar-refractivity contribution in [2.75, 3.05) is 0 Å². The minimum Gasteiger partial charge on any atom is -0.326 e. The lowest BCUT2D eigenvalue weighted by Crippen LogP contribution is -2.24. The zero-order chi connectivity index (χ0) is 9.26. The fourth-order valence-electron chi connectivity index (χ4n) is 1.88. The van der Waals surface area contributed by atoms with E-state index in [-0.39, 0.29) is 18.0 Å². The van der Waals surface area contributed by atoms with Crippen molar-refractivity contribution in [3.63, 3.8) is 0 Å². The second-order valence-electron chi connectivity index (χ2n) is 3.37. The van der Waals surface area contributed by atoms with E-state index in [0.29, 0.717) is 6.54 Å². The highest BCUT2D eigenvalue weighted by atomic mass is 35.5. The molecule has 1 aromatic heterocycles. The second-order valence-corrected chi connectivity index (χ2v) is 3.37. The first kappa shape index (κ1) is 11.2. The molecular weight excluding hydrogens is 202 g/mol. The molecule has 0 saturated carbocycles. The van der Waals surface area contributed by atoms with Crippen molar-refractivity contribution in [3.8, 4) is 0 Å². The van der Waals surface area contributed by atoms with Crippen molar-refractivity contribution in [1.29, 1.82) is 0 Å². The Bertz CT molecular complexity index is 375. The average molecular weight is 216 g/mol. The number of fused-ring (bicyclic) bond motifs is 1. The summed E-state index contributed by atoms with van der Waals surface area (Å²) in [4.78, 5) is 11.3. The summed E-state index contributed by atoms with van der Waals surface area (Å²) >= 11 is 0. The topological polar surface area (TPSA) is 71.8 Å². The molecule has 0 saturated heterocycles. The van der Waals surface area contributed by atoms with Gasteiger partial charge in [-0.15, -0.1) is 12.4 Å². The van der Waals surface area contributed by atoms with Gasteiger partial charge in [-0.25, -0.2) is 5.10 Å². The van der Waals surface area contributed by atoms with E-state index in [2.05, 4.69) is 10.2 Å². The van der Waals surface area contributed by atoms with Crippen LogP contribution < -0.4 is 11.3 Å². The molecule has 1 aliphatic rings. The van der Waals surface area contributed by atoms with E-state index in [9.17, 15) is 4.79 Å². The fraction of sp³-hybridized carbons (Fsp3) is 0.556. The van der Waals surface area contributed by atoms with Gasteiger partial charge in [-0.3, -0.25) is 4.79 Å². The number of aromatic amines is 1. The van der Waals surface area contributed by atoms with Crippen molar-refractivity contribution in [2.45, 2.75) is 32.2 Å². The first-order valence-electron chi connectivity index (χ1n) is 4.62. The van der Waals surface area contributed by atoms with Crippen LogP contribution in [0.4, 0.5) is 0 Å². The van der Waals surface area contributed by atoms with Crippen LogP contribution in [0.25, 0.3) is 0 Å². The van der Waals surface area contributed by atoms with Crippen LogP contribution in [0.3, 0.4) is 0 Å². The van der Waals surface area contributed by atoms with E-state index in [1.54, 1.807) is 0 Å². The Morgan fingerprint density at radius 1 is 1.36 bits per heavy atom. The standard InChI is InChI=1S/C9H13N3O.ClH/c10-5-7-6-3-1-2-4-8(6)11-12-9(7)13;/h1-5,10H2,(H,12,13);1H. The predicted molar refractivity (Wildman–Crippen MR) is 56.6 cm³/mol. The molecule has 5 heteroatoms. The highest BCUT2D eigenvalue weighted by molar-refractivity contribution is 5.85. The van der Waals surface area contributed by atoms with E-state index in [1.165, 1.54) is 0 Å². The van der Waals surface area contributed by atoms with E-state index < -0.39 is 0 Å². The molecule has 0 amide bonds. The van der Waals surface area contributed by atoms with E-state index >= 15 is 0 Å². The lowest BCUT2D eigenvalue weighted by atomic mass is 9.93. The smallest absolute Gasteiger partial charge is 0.268 e. The van der Waals surface area contributed by atoms with Crippen molar-refractivity contribution >= 4 is 12.4 Å². The molecule has 0 unspecified atom stereocenters. The highest BCUT2D eigenvalue weighted by Crippen LogP contribution is 2.19. The van der Waals surface area contributed by atoms with Gasteiger partial charge in [0.1, 0.15) is 0 Å². The highest BCUT2D eigenvalue weighted by Gasteiger charge is 2.15. The fourth-order valence-corrected chi connectivity index (χ4v) is 1.88. The predicted octanol–water partition coefficient (Wildman–Crippen LogP) is 0.529. The minimum atomic E-state index is -0.122. The number of rotatable bonds is 1. The molecule has 0 spiro atoms. The molecule has 1 aliphatic carbocycles. The minimum absolute atomic E-state index is 0. The summed E-state index contributed by atoms with van der Waals surface area (Å²) in [7, 11) is 0. The molecule has 14 heavy (non-hydrogen) atoms. The van der Waals surface area contributed by atoms with Crippen LogP contribution in [0.15, 0.2) is 4.79 Å². The molecule has 0 radical (unpaired) electrons. The summed E-state index contributed by atoms with van der Waals surface area (Å²) in [6.07, 6.45) is 4.24. The van der Waals surface area contributed by atoms with Gasteiger partial charge in [0.05, 0.1) is 5.69 Å². The van der Waals surface area contributed by atoms with Crippen molar-refractivity contribution in [1.82, 2.24) is 10.2 Å². The first-order valence-corrected chi connectivity index (χ1v) is 4.62. The van der Waals surface area contributed by atoms with E-state index in [1.807, 2.05) is 0 Å². The molecule has 4 nitrogen and oxygen atoms in total. The summed E-state index contributed by atoms with van der Waals surface area (Å²) in [5, 5.41) is 6.53. The molecule has 1 heterocycles. The molecule has 0 bridgehead atoms. The number of nitrogens with zero attached hydrogens (tertiary/aromatic N) is 1. The molecular formula is C9H14ClN3O.